The summed E-state index contributed by atoms with van der Waals surface area (Å²) in [4.78, 5) is 35.3. The van der Waals surface area contributed by atoms with E-state index in [1.807, 2.05) is 30.5 Å². The molecule has 2 amide bonds. The summed E-state index contributed by atoms with van der Waals surface area (Å²) in [5, 5.41) is 5.78. The monoisotopic (exact) mass is 353 g/mol. The van der Waals surface area contributed by atoms with E-state index < -0.39 is 6.04 Å². The Kier molecular flexibility index (Phi) is 4.69. The van der Waals surface area contributed by atoms with Gasteiger partial charge in [0.25, 0.3) is 0 Å². The molecule has 2 atom stereocenters. The maximum absolute atomic E-state index is 12.3. The van der Waals surface area contributed by atoms with Gasteiger partial charge in [-0.15, -0.1) is 0 Å². The summed E-state index contributed by atoms with van der Waals surface area (Å²) in [6.07, 6.45) is 5.87. The first-order valence-corrected chi connectivity index (χ1v) is 9.26. The van der Waals surface area contributed by atoms with Gasteiger partial charge in [-0.05, 0) is 37.8 Å². The molecule has 0 radical (unpaired) electrons. The number of hydrogen-bond acceptors (Lipinski definition) is 5. The number of benzene rings is 1. The van der Waals surface area contributed by atoms with Crippen molar-refractivity contribution in [1.29, 1.82) is 0 Å². The molecule has 1 aromatic carbocycles. The fraction of sp³-hybridized carbons (Fsp3) is 0.474. The molecular weight excluding hydrogens is 330 g/mol. The Bertz CT molecular complexity index is 824. The van der Waals surface area contributed by atoms with Gasteiger partial charge in [0, 0.05) is 25.6 Å². The van der Waals surface area contributed by atoms with Crippen LogP contribution in [0.15, 0.2) is 30.5 Å². The molecule has 2 saturated heterocycles. The molecule has 0 saturated carbocycles. The third kappa shape index (κ3) is 3.47. The topological polar surface area (TPSA) is 87.2 Å². The summed E-state index contributed by atoms with van der Waals surface area (Å²) in [5.74, 6) is 0.728. The Morgan fingerprint density at radius 2 is 2.08 bits per heavy atom. The first kappa shape index (κ1) is 16.8. The standard InChI is InChI=1S/C19H23N5O2/c25-18-9-3-8-16(23-18)19(26)21-11-13-5-4-10-24(13)17-12-20-14-6-1-2-7-15(14)22-17/h1-2,6-7,12-13,16H,3-5,8-11H2,(H,21,26)(H,23,25)/t13-,16-/m1/s1. The van der Waals surface area contributed by atoms with Gasteiger partial charge >= 0.3 is 0 Å². The highest BCUT2D eigenvalue weighted by Crippen LogP contribution is 2.24. The molecule has 2 N–H and O–H groups in total. The Hall–Kier alpha value is -2.70. The van der Waals surface area contributed by atoms with Gasteiger partial charge < -0.3 is 15.5 Å². The van der Waals surface area contributed by atoms with Crippen molar-refractivity contribution >= 4 is 28.7 Å². The van der Waals surface area contributed by atoms with Gasteiger partial charge in [0.15, 0.2) is 0 Å². The van der Waals surface area contributed by atoms with Gasteiger partial charge in [-0.3, -0.25) is 14.6 Å². The molecule has 7 nitrogen and oxygen atoms in total. The van der Waals surface area contributed by atoms with Crippen LogP contribution in [-0.2, 0) is 9.59 Å². The van der Waals surface area contributed by atoms with Crippen LogP contribution in [0.4, 0.5) is 5.82 Å². The minimum atomic E-state index is -0.397. The number of carbonyl (C=O) groups excluding carboxylic acids is 2. The maximum Gasteiger partial charge on any atom is 0.242 e. The molecule has 1 aromatic heterocycles. The van der Waals surface area contributed by atoms with Crippen molar-refractivity contribution in [1.82, 2.24) is 20.6 Å². The number of anilines is 1. The third-order valence-electron chi connectivity index (χ3n) is 5.17. The average molecular weight is 353 g/mol. The second kappa shape index (κ2) is 7.27. The lowest BCUT2D eigenvalue weighted by molar-refractivity contribution is -0.131. The molecule has 4 rings (SSSR count). The number of aromatic nitrogens is 2. The number of para-hydroxylation sites is 2. The van der Waals surface area contributed by atoms with Gasteiger partial charge in [0.2, 0.25) is 11.8 Å². The van der Waals surface area contributed by atoms with Gasteiger partial charge in [0.1, 0.15) is 11.9 Å². The van der Waals surface area contributed by atoms with Gasteiger partial charge in [0.05, 0.1) is 17.2 Å². The van der Waals surface area contributed by atoms with Crippen LogP contribution in [0.2, 0.25) is 0 Å². The molecular formula is C19H23N5O2. The predicted octanol–water partition coefficient (Wildman–Crippen LogP) is 1.38. The van der Waals surface area contributed by atoms with Crippen LogP contribution in [-0.4, -0.2) is 47.0 Å². The van der Waals surface area contributed by atoms with E-state index >= 15 is 0 Å². The third-order valence-corrected chi connectivity index (χ3v) is 5.17. The highest BCUT2D eigenvalue weighted by molar-refractivity contribution is 5.88. The van der Waals surface area contributed by atoms with Crippen molar-refractivity contribution in [3.05, 3.63) is 30.5 Å². The molecule has 0 bridgehead atoms. The highest BCUT2D eigenvalue weighted by atomic mass is 16.2. The zero-order chi connectivity index (χ0) is 17.9. The Morgan fingerprint density at radius 1 is 1.23 bits per heavy atom. The smallest absolute Gasteiger partial charge is 0.242 e. The number of fused-ring (bicyclic) bond motifs is 1. The van der Waals surface area contributed by atoms with Crippen LogP contribution < -0.4 is 15.5 Å². The van der Waals surface area contributed by atoms with Crippen LogP contribution in [0.25, 0.3) is 11.0 Å². The summed E-state index contributed by atoms with van der Waals surface area (Å²) < 4.78 is 0. The molecule has 2 aliphatic heterocycles. The number of rotatable bonds is 4. The van der Waals surface area contributed by atoms with Crippen LogP contribution in [0.5, 0.6) is 0 Å². The summed E-state index contributed by atoms with van der Waals surface area (Å²) >= 11 is 0. The fourth-order valence-electron chi connectivity index (χ4n) is 3.78. The van der Waals surface area contributed by atoms with E-state index in [-0.39, 0.29) is 17.9 Å². The second-order valence-corrected chi connectivity index (χ2v) is 6.96. The van der Waals surface area contributed by atoms with Crippen LogP contribution in [0.3, 0.4) is 0 Å². The number of amides is 2. The molecule has 136 valence electrons. The van der Waals surface area contributed by atoms with Crippen molar-refractivity contribution in [2.75, 3.05) is 18.0 Å². The minimum absolute atomic E-state index is 0.0367. The van der Waals surface area contributed by atoms with E-state index in [9.17, 15) is 9.59 Å². The minimum Gasteiger partial charge on any atom is -0.352 e. The fourth-order valence-corrected chi connectivity index (χ4v) is 3.78. The molecule has 2 aromatic rings. The number of nitrogens with zero attached hydrogens (tertiary/aromatic N) is 3. The summed E-state index contributed by atoms with van der Waals surface area (Å²) in [6.45, 7) is 1.47. The molecule has 2 fully saturated rings. The summed E-state index contributed by atoms with van der Waals surface area (Å²) in [5.41, 5.74) is 1.76. The van der Waals surface area contributed by atoms with E-state index in [4.69, 9.17) is 4.98 Å². The van der Waals surface area contributed by atoms with Gasteiger partial charge in [-0.25, -0.2) is 4.98 Å². The van der Waals surface area contributed by atoms with Crippen molar-refractivity contribution in [3.8, 4) is 0 Å². The first-order valence-electron chi connectivity index (χ1n) is 9.26. The zero-order valence-electron chi connectivity index (χ0n) is 14.6. The van der Waals surface area contributed by atoms with Crippen molar-refractivity contribution < 1.29 is 9.59 Å². The van der Waals surface area contributed by atoms with E-state index in [2.05, 4.69) is 20.5 Å². The highest BCUT2D eigenvalue weighted by Gasteiger charge is 2.29. The zero-order valence-corrected chi connectivity index (χ0v) is 14.6. The lowest BCUT2D eigenvalue weighted by Crippen LogP contribution is -2.51. The van der Waals surface area contributed by atoms with Crippen molar-refractivity contribution in [2.45, 2.75) is 44.2 Å². The van der Waals surface area contributed by atoms with E-state index in [1.54, 1.807) is 0 Å². The second-order valence-electron chi connectivity index (χ2n) is 6.96. The molecule has 0 unspecified atom stereocenters. The Morgan fingerprint density at radius 3 is 2.92 bits per heavy atom. The summed E-state index contributed by atoms with van der Waals surface area (Å²) in [6, 6.07) is 7.63. The maximum atomic E-state index is 12.3. The molecule has 2 aliphatic rings. The lowest BCUT2D eigenvalue weighted by Gasteiger charge is -2.27. The predicted molar refractivity (Wildman–Crippen MR) is 98.7 cm³/mol. The molecule has 0 spiro atoms. The number of hydrogen-bond donors (Lipinski definition) is 2. The van der Waals surface area contributed by atoms with Crippen molar-refractivity contribution in [2.24, 2.45) is 0 Å². The quantitative estimate of drug-likeness (QED) is 0.867. The number of carbonyl (C=O) groups is 2. The number of piperidine rings is 1. The molecule has 3 heterocycles. The molecule has 7 heteroatoms. The molecule has 26 heavy (non-hydrogen) atoms. The number of nitrogens with one attached hydrogen (secondary N) is 2. The van der Waals surface area contributed by atoms with Gasteiger partial charge in [-0.2, -0.15) is 0 Å². The largest absolute Gasteiger partial charge is 0.352 e. The first-order chi connectivity index (χ1) is 12.7. The lowest BCUT2D eigenvalue weighted by atomic mass is 10.0. The van der Waals surface area contributed by atoms with Crippen LogP contribution >= 0.6 is 0 Å². The van der Waals surface area contributed by atoms with Gasteiger partial charge in [-0.1, -0.05) is 12.1 Å². The Balaban J connectivity index is 1.41. The summed E-state index contributed by atoms with van der Waals surface area (Å²) in [7, 11) is 0. The molecule has 0 aliphatic carbocycles. The van der Waals surface area contributed by atoms with Crippen molar-refractivity contribution in [3.63, 3.8) is 0 Å². The van der Waals surface area contributed by atoms with E-state index in [0.29, 0.717) is 19.4 Å². The van der Waals surface area contributed by atoms with E-state index in [1.165, 1.54) is 0 Å². The average Bonchev–Trinajstić information content (AvgIpc) is 3.14. The normalized spacial score (nSPS) is 23.1. The Labute approximate surface area is 152 Å². The SMILES string of the molecule is O=C1CCC[C@H](C(=O)NC[C@H]2CCCN2c2cnc3ccccc3n2)N1. The van der Waals surface area contributed by atoms with Crippen LogP contribution in [0.1, 0.15) is 32.1 Å². The van der Waals surface area contributed by atoms with E-state index in [0.717, 1.165) is 42.7 Å². The van der Waals surface area contributed by atoms with Crippen LogP contribution in [0, 0.1) is 0 Å².